The molecule has 0 saturated carbocycles. The predicted octanol–water partition coefficient (Wildman–Crippen LogP) is 3.88. The van der Waals surface area contributed by atoms with Gasteiger partial charge >= 0.3 is 0 Å². The van der Waals surface area contributed by atoms with Gasteiger partial charge in [-0.1, -0.05) is 13.8 Å². The quantitative estimate of drug-likeness (QED) is 0.743. The van der Waals surface area contributed by atoms with Crippen LogP contribution in [0.2, 0.25) is 0 Å². The Morgan fingerprint density at radius 3 is 2.89 bits per heavy atom. The second-order valence-electron chi connectivity index (χ2n) is 4.97. The first-order valence-electron chi connectivity index (χ1n) is 6.55. The van der Waals surface area contributed by atoms with Crippen LogP contribution in [0.3, 0.4) is 0 Å². The third-order valence-electron chi connectivity index (χ3n) is 3.62. The SMILES string of the molecule is CCNC1CCN(c2ccc(I)cc2Br)CC1C. The van der Waals surface area contributed by atoms with E-state index in [1.54, 1.807) is 0 Å². The molecule has 1 N–H and O–H groups in total. The van der Waals surface area contributed by atoms with E-state index in [0.29, 0.717) is 12.0 Å². The molecule has 4 heteroatoms. The van der Waals surface area contributed by atoms with Crippen molar-refractivity contribution in [1.82, 2.24) is 5.32 Å². The number of hydrogen-bond acceptors (Lipinski definition) is 2. The lowest BCUT2D eigenvalue weighted by Crippen LogP contribution is -2.48. The highest BCUT2D eigenvalue weighted by Crippen LogP contribution is 2.31. The number of piperidine rings is 1. The third kappa shape index (κ3) is 3.39. The fourth-order valence-electron chi connectivity index (χ4n) is 2.67. The third-order valence-corrected chi connectivity index (χ3v) is 4.93. The summed E-state index contributed by atoms with van der Waals surface area (Å²) in [6, 6.07) is 7.28. The molecular formula is C14H20BrIN2. The summed E-state index contributed by atoms with van der Waals surface area (Å²) in [7, 11) is 0. The summed E-state index contributed by atoms with van der Waals surface area (Å²) in [5.74, 6) is 0.699. The highest BCUT2D eigenvalue weighted by molar-refractivity contribution is 14.1. The largest absolute Gasteiger partial charge is 0.370 e. The highest BCUT2D eigenvalue weighted by Gasteiger charge is 2.26. The van der Waals surface area contributed by atoms with Crippen LogP contribution >= 0.6 is 38.5 Å². The monoisotopic (exact) mass is 422 g/mol. The van der Waals surface area contributed by atoms with E-state index in [4.69, 9.17) is 0 Å². The van der Waals surface area contributed by atoms with Gasteiger partial charge in [0, 0.05) is 27.2 Å². The van der Waals surface area contributed by atoms with Crippen molar-refractivity contribution < 1.29 is 0 Å². The predicted molar refractivity (Wildman–Crippen MR) is 90.3 cm³/mol. The van der Waals surface area contributed by atoms with Crippen molar-refractivity contribution in [3.63, 3.8) is 0 Å². The lowest BCUT2D eigenvalue weighted by Gasteiger charge is -2.39. The van der Waals surface area contributed by atoms with Gasteiger partial charge in [0.05, 0.1) is 5.69 Å². The highest BCUT2D eigenvalue weighted by atomic mass is 127. The molecular weight excluding hydrogens is 403 g/mol. The Labute approximate surface area is 132 Å². The smallest absolute Gasteiger partial charge is 0.0511 e. The first kappa shape index (κ1) is 14.6. The number of halogens is 2. The molecule has 2 nitrogen and oxygen atoms in total. The maximum absolute atomic E-state index is 3.69. The average molecular weight is 423 g/mol. The standard InChI is InChI=1S/C14H20BrIN2/c1-3-17-13-6-7-18(9-10(13)2)14-5-4-11(16)8-12(14)15/h4-5,8,10,13,17H,3,6-7,9H2,1-2H3. The van der Waals surface area contributed by atoms with Gasteiger partial charge in [-0.3, -0.25) is 0 Å². The van der Waals surface area contributed by atoms with Crippen LogP contribution in [0.5, 0.6) is 0 Å². The van der Waals surface area contributed by atoms with Crippen molar-refractivity contribution in [3.05, 3.63) is 26.2 Å². The van der Waals surface area contributed by atoms with Crippen LogP contribution in [-0.2, 0) is 0 Å². The molecule has 100 valence electrons. The number of anilines is 1. The molecule has 0 bridgehead atoms. The van der Waals surface area contributed by atoms with E-state index < -0.39 is 0 Å². The summed E-state index contributed by atoms with van der Waals surface area (Å²) in [5, 5.41) is 3.59. The maximum atomic E-state index is 3.69. The van der Waals surface area contributed by atoms with E-state index in [-0.39, 0.29) is 0 Å². The van der Waals surface area contributed by atoms with Crippen molar-refractivity contribution in [3.8, 4) is 0 Å². The van der Waals surface area contributed by atoms with Gasteiger partial charge in [-0.15, -0.1) is 0 Å². The molecule has 0 radical (unpaired) electrons. The summed E-state index contributed by atoms with van der Waals surface area (Å²) in [5.41, 5.74) is 1.33. The van der Waals surface area contributed by atoms with Crippen molar-refractivity contribution in [2.75, 3.05) is 24.5 Å². The van der Waals surface area contributed by atoms with Gasteiger partial charge in [0.15, 0.2) is 0 Å². The molecule has 0 amide bonds. The molecule has 18 heavy (non-hydrogen) atoms. The van der Waals surface area contributed by atoms with Crippen molar-refractivity contribution in [2.24, 2.45) is 5.92 Å². The van der Waals surface area contributed by atoms with Crippen molar-refractivity contribution >= 4 is 44.2 Å². The van der Waals surface area contributed by atoms with E-state index in [0.717, 1.165) is 19.6 Å². The molecule has 1 aliphatic heterocycles. The zero-order valence-corrected chi connectivity index (χ0v) is 14.7. The maximum Gasteiger partial charge on any atom is 0.0511 e. The molecule has 0 aliphatic carbocycles. The Balaban J connectivity index is 2.07. The van der Waals surface area contributed by atoms with Gasteiger partial charge in [0.25, 0.3) is 0 Å². The Morgan fingerprint density at radius 1 is 1.50 bits per heavy atom. The molecule has 2 rings (SSSR count). The molecule has 1 fully saturated rings. The van der Waals surface area contributed by atoms with E-state index in [1.807, 2.05) is 0 Å². The summed E-state index contributed by atoms with van der Waals surface area (Å²) in [4.78, 5) is 2.50. The molecule has 0 aromatic heterocycles. The van der Waals surface area contributed by atoms with Gasteiger partial charge in [-0.2, -0.15) is 0 Å². The molecule has 1 heterocycles. The average Bonchev–Trinajstić information content (AvgIpc) is 2.32. The zero-order chi connectivity index (χ0) is 13.1. The van der Waals surface area contributed by atoms with Gasteiger partial charge in [-0.25, -0.2) is 0 Å². The molecule has 2 unspecified atom stereocenters. The van der Waals surface area contributed by atoms with Gasteiger partial charge < -0.3 is 10.2 Å². The fraction of sp³-hybridized carbons (Fsp3) is 0.571. The molecule has 1 aromatic carbocycles. The van der Waals surface area contributed by atoms with Crippen LogP contribution in [0.25, 0.3) is 0 Å². The topological polar surface area (TPSA) is 15.3 Å². The van der Waals surface area contributed by atoms with Crippen molar-refractivity contribution in [1.29, 1.82) is 0 Å². The zero-order valence-electron chi connectivity index (χ0n) is 10.9. The normalized spacial score (nSPS) is 24.3. The minimum absolute atomic E-state index is 0.675. The molecule has 1 aliphatic rings. The molecule has 1 saturated heterocycles. The summed E-state index contributed by atoms with van der Waals surface area (Å²) in [6.45, 7) is 7.88. The van der Waals surface area contributed by atoms with Crippen LogP contribution in [0.1, 0.15) is 20.3 Å². The minimum Gasteiger partial charge on any atom is -0.370 e. The first-order chi connectivity index (χ1) is 8.61. The molecule has 2 atom stereocenters. The summed E-state index contributed by atoms with van der Waals surface area (Å²) >= 11 is 6.04. The van der Waals surface area contributed by atoms with E-state index in [2.05, 4.69) is 80.8 Å². The Morgan fingerprint density at radius 2 is 2.28 bits per heavy atom. The molecule has 0 spiro atoms. The van der Waals surface area contributed by atoms with E-state index in [1.165, 1.54) is 20.2 Å². The van der Waals surface area contributed by atoms with Crippen LogP contribution < -0.4 is 10.2 Å². The van der Waals surface area contributed by atoms with Gasteiger partial charge in [0.2, 0.25) is 0 Å². The number of rotatable bonds is 3. The van der Waals surface area contributed by atoms with Gasteiger partial charge in [0.1, 0.15) is 0 Å². The van der Waals surface area contributed by atoms with E-state index in [9.17, 15) is 0 Å². The van der Waals surface area contributed by atoms with Crippen LogP contribution in [0, 0.1) is 9.49 Å². The lowest BCUT2D eigenvalue weighted by molar-refractivity contribution is 0.326. The number of nitrogens with one attached hydrogen (secondary N) is 1. The Bertz CT molecular complexity index is 411. The summed E-state index contributed by atoms with van der Waals surface area (Å²) < 4.78 is 2.49. The summed E-state index contributed by atoms with van der Waals surface area (Å²) in [6.07, 6.45) is 1.23. The second kappa shape index (κ2) is 6.57. The Hall–Kier alpha value is 0.190. The number of nitrogens with zero attached hydrogens (tertiary/aromatic N) is 1. The van der Waals surface area contributed by atoms with E-state index >= 15 is 0 Å². The number of benzene rings is 1. The minimum atomic E-state index is 0.675. The first-order valence-corrected chi connectivity index (χ1v) is 8.42. The van der Waals surface area contributed by atoms with Crippen LogP contribution in [0.4, 0.5) is 5.69 Å². The molecule has 1 aromatic rings. The Kier molecular flexibility index (Phi) is 5.33. The second-order valence-corrected chi connectivity index (χ2v) is 7.07. The lowest BCUT2D eigenvalue weighted by atomic mass is 9.93. The van der Waals surface area contributed by atoms with Crippen molar-refractivity contribution in [2.45, 2.75) is 26.3 Å². The fourth-order valence-corrected chi connectivity index (χ4v) is 4.22. The number of hydrogen-bond donors (Lipinski definition) is 1. The van der Waals surface area contributed by atoms with Crippen LogP contribution in [0.15, 0.2) is 22.7 Å². The van der Waals surface area contributed by atoms with Crippen LogP contribution in [-0.4, -0.2) is 25.7 Å². The van der Waals surface area contributed by atoms with Gasteiger partial charge in [-0.05, 0) is 75.6 Å².